The normalized spacial score (nSPS) is 14.0. The van der Waals surface area contributed by atoms with Crippen LogP contribution in [0.1, 0.15) is 13.8 Å². The van der Waals surface area contributed by atoms with Crippen molar-refractivity contribution in [1.29, 1.82) is 0 Å². The fraction of sp³-hybridized carbons (Fsp3) is 0.857. The van der Waals surface area contributed by atoms with E-state index in [9.17, 15) is 4.79 Å². The summed E-state index contributed by atoms with van der Waals surface area (Å²) in [6.07, 6.45) is -0.612. The maximum Gasteiger partial charge on any atom is 0.239 e. The van der Waals surface area contributed by atoms with Crippen molar-refractivity contribution in [3.8, 4) is 0 Å². The predicted octanol–water partition coefficient (Wildman–Crippen LogP) is 0.731. The molecule has 0 amide bonds. The smallest absolute Gasteiger partial charge is 0.239 e. The summed E-state index contributed by atoms with van der Waals surface area (Å²) in [5, 5.41) is 17.1. The van der Waals surface area contributed by atoms with Gasteiger partial charge in [0.05, 0.1) is 25.4 Å². The number of hydrogen-bond acceptors (Lipinski definition) is 4. The molecule has 6 heteroatoms. The molecule has 0 aromatic heterocycles. The number of ether oxygens (including phenoxy) is 1. The zero-order chi connectivity index (χ0) is 10.9. The largest absolute Gasteiger partial charge is 0.394 e. The number of carbonyl (C=O) groups excluding carboxylic acids is 1. The van der Waals surface area contributed by atoms with Gasteiger partial charge in [-0.05, 0) is 13.8 Å². The van der Waals surface area contributed by atoms with Crippen molar-refractivity contribution in [1.82, 2.24) is 0 Å². The first kappa shape index (κ1) is 15.7. The van der Waals surface area contributed by atoms with E-state index in [0.717, 1.165) is 0 Å². The van der Waals surface area contributed by atoms with Crippen molar-refractivity contribution < 1.29 is 19.7 Å². The number of aliphatic hydroxyl groups excluding tert-OH is 2. The molecule has 0 aromatic carbocycles. The average molecular weight is 228 g/mol. The fourth-order valence-corrected chi connectivity index (χ4v) is 0.356. The third kappa shape index (κ3) is 24.5. The molecule has 0 aliphatic carbocycles. The molecule has 13 heavy (non-hydrogen) atoms. The SMILES string of the molecule is CC(O)COC(C)CO.O=C(S)S. The van der Waals surface area contributed by atoms with E-state index in [1.807, 2.05) is 0 Å². The van der Waals surface area contributed by atoms with Gasteiger partial charge in [0.25, 0.3) is 0 Å². The van der Waals surface area contributed by atoms with E-state index < -0.39 is 10.6 Å². The molecule has 0 aliphatic rings. The number of hydrogen-bond donors (Lipinski definition) is 4. The summed E-state index contributed by atoms with van der Waals surface area (Å²) in [5.74, 6) is 0. The minimum Gasteiger partial charge on any atom is -0.394 e. The van der Waals surface area contributed by atoms with Crippen LogP contribution in [-0.2, 0) is 4.74 Å². The Labute approximate surface area is 89.1 Å². The highest BCUT2D eigenvalue weighted by Gasteiger charge is 2.00. The van der Waals surface area contributed by atoms with Crippen LogP contribution < -0.4 is 0 Å². The van der Waals surface area contributed by atoms with Gasteiger partial charge in [-0.1, -0.05) is 25.3 Å². The van der Waals surface area contributed by atoms with E-state index in [0.29, 0.717) is 6.61 Å². The molecule has 0 radical (unpaired) electrons. The molecule has 0 saturated carbocycles. The second-order valence-electron chi connectivity index (χ2n) is 2.46. The number of aliphatic hydroxyl groups is 2. The van der Waals surface area contributed by atoms with Crippen LogP contribution in [0.2, 0.25) is 0 Å². The molecule has 0 aromatic rings. The lowest BCUT2D eigenvalue weighted by Gasteiger charge is -2.10. The van der Waals surface area contributed by atoms with Crippen LogP contribution in [0, 0.1) is 0 Å². The Morgan fingerprint density at radius 3 is 2.08 bits per heavy atom. The molecule has 80 valence electrons. The van der Waals surface area contributed by atoms with Crippen LogP contribution in [0.3, 0.4) is 0 Å². The Bertz CT molecular complexity index is 126. The number of rotatable bonds is 4. The Morgan fingerprint density at radius 2 is 1.85 bits per heavy atom. The molecule has 0 fully saturated rings. The van der Waals surface area contributed by atoms with E-state index in [4.69, 9.17) is 14.9 Å². The molecular weight excluding hydrogens is 212 g/mol. The first-order chi connectivity index (χ1) is 5.90. The summed E-state index contributed by atoms with van der Waals surface area (Å²) in [4.78, 5) is 9.17. The number of carbonyl (C=O) groups is 1. The van der Waals surface area contributed by atoms with E-state index >= 15 is 0 Å². The van der Waals surface area contributed by atoms with Crippen LogP contribution in [0.4, 0.5) is 4.79 Å². The monoisotopic (exact) mass is 228 g/mol. The lowest BCUT2D eigenvalue weighted by molar-refractivity contribution is -0.0177. The Balaban J connectivity index is 0. The second kappa shape index (κ2) is 10.3. The Morgan fingerprint density at radius 1 is 1.46 bits per heavy atom. The van der Waals surface area contributed by atoms with Gasteiger partial charge < -0.3 is 14.9 Å². The maximum atomic E-state index is 9.17. The summed E-state index contributed by atoms with van der Waals surface area (Å²) in [6, 6.07) is 0. The summed E-state index contributed by atoms with van der Waals surface area (Å²) < 4.78 is 4.51. The van der Waals surface area contributed by atoms with Gasteiger partial charge in [-0.15, -0.1) is 0 Å². The zero-order valence-corrected chi connectivity index (χ0v) is 9.46. The highest BCUT2D eigenvalue weighted by atomic mass is 32.2. The van der Waals surface area contributed by atoms with Gasteiger partial charge in [-0.25, -0.2) is 0 Å². The molecule has 2 N–H and O–H groups in total. The van der Waals surface area contributed by atoms with Gasteiger partial charge >= 0.3 is 0 Å². The quantitative estimate of drug-likeness (QED) is 0.536. The third-order valence-corrected chi connectivity index (χ3v) is 0.879. The van der Waals surface area contributed by atoms with Gasteiger partial charge in [-0.3, -0.25) is 4.79 Å². The first-order valence-electron chi connectivity index (χ1n) is 3.72. The summed E-state index contributed by atoms with van der Waals surface area (Å²) in [5.41, 5.74) is 0. The molecule has 0 rings (SSSR count). The molecule has 0 saturated heterocycles. The fourth-order valence-electron chi connectivity index (χ4n) is 0.356. The molecule has 2 unspecified atom stereocenters. The van der Waals surface area contributed by atoms with Gasteiger partial charge in [0.1, 0.15) is 0 Å². The van der Waals surface area contributed by atoms with Crippen molar-refractivity contribution >= 4 is 29.7 Å². The molecule has 0 bridgehead atoms. The minimum absolute atomic E-state index is 0.00667. The van der Waals surface area contributed by atoms with Crippen molar-refractivity contribution in [2.24, 2.45) is 0 Å². The van der Waals surface area contributed by atoms with Crippen molar-refractivity contribution in [3.63, 3.8) is 0 Å². The van der Waals surface area contributed by atoms with Crippen LogP contribution in [0.25, 0.3) is 0 Å². The summed E-state index contributed by atoms with van der Waals surface area (Å²) in [7, 11) is 0. The molecule has 4 nitrogen and oxygen atoms in total. The standard InChI is InChI=1S/C6H14O3.CH2OS2/c1-5(8)4-9-6(2)3-7;2-1(3)4/h5-8H,3-4H2,1-2H3;(H2,2,3,4). The summed E-state index contributed by atoms with van der Waals surface area (Å²) in [6.45, 7) is 3.70. The van der Waals surface area contributed by atoms with E-state index in [1.165, 1.54) is 0 Å². The van der Waals surface area contributed by atoms with Crippen LogP contribution in [0.5, 0.6) is 0 Å². The molecule has 0 heterocycles. The van der Waals surface area contributed by atoms with Gasteiger partial charge in [0.15, 0.2) is 0 Å². The second-order valence-corrected chi connectivity index (χ2v) is 3.62. The molecule has 0 aliphatic heterocycles. The molecule has 0 spiro atoms. The average Bonchev–Trinajstić information content (AvgIpc) is 1.99. The molecule has 2 atom stereocenters. The van der Waals surface area contributed by atoms with Gasteiger partial charge in [0, 0.05) is 0 Å². The highest BCUT2D eigenvalue weighted by molar-refractivity contribution is 8.23. The van der Waals surface area contributed by atoms with E-state index in [1.54, 1.807) is 13.8 Å². The maximum absolute atomic E-state index is 9.17. The van der Waals surface area contributed by atoms with Crippen LogP contribution in [0.15, 0.2) is 0 Å². The zero-order valence-electron chi connectivity index (χ0n) is 7.67. The van der Waals surface area contributed by atoms with E-state index in [-0.39, 0.29) is 12.7 Å². The van der Waals surface area contributed by atoms with Gasteiger partial charge in [0.2, 0.25) is 4.45 Å². The highest BCUT2D eigenvalue weighted by Crippen LogP contribution is 1.90. The molecular formula is C7H16O4S2. The van der Waals surface area contributed by atoms with Crippen molar-refractivity contribution in [2.75, 3.05) is 13.2 Å². The van der Waals surface area contributed by atoms with Crippen LogP contribution in [-0.4, -0.2) is 40.1 Å². The predicted molar refractivity (Wildman–Crippen MR) is 57.5 cm³/mol. The van der Waals surface area contributed by atoms with Crippen molar-refractivity contribution in [3.05, 3.63) is 0 Å². The van der Waals surface area contributed by atoms with Crippen molar-refractivity contribution in [2.45, 2.75) is 26.1 Å². The topological polar surface area (TPSA) is 66.8 Å². The summed E-state index contributed by atoms with van der Waals surface area (Å²) >= 11 is 6.38. The van der Waals surface area contributed by atoms with E-state index in [2.05, 4.69) is 25.3 Å². The number of thiol groups is 2. The lowest BCUT2D eigenvalue weighted by atomic mass is 10.4. The Hall–Kier alpha value is 0.250. The Kier molecular flexibility index (Phi) is 12.5. The minimum atomic E-state index is -0.445. The van der Waals surface area contributed by atoms with Gasteiger partial charge in [-0.2, -0.15) is 0 Å². The first-order valence-corrected chi connectivity index (χ1v) is 4.62. The van der Waals surface area contributed by atoms with Crippen LogP contribution >= 0.6 is 25.3 Å². The third-order valence-electron chi connectivity index (χ3n) is 0.879. The lowest BCUT2D eigenvalue weighted by Crippen LogP contribution is -2.19.